The Morgan fingerprint density at radius 1 is 1.45 bits per heavy atom. The molecular weight excluding hydrogens is 490 g/mol. The van der Waals surface area contributed by atoms with E-state index in [1.165, 1.54) is 0 Å². The normalized spacial score (nSPS) is 50.5. The molecule has 4 fully saturated rings. The van der Waals surface area contributed by atoms with Crippen LogP contribution < -0.4 is 5.48 Å². The van der Waals surface area contributed by atoms with Crippen molar-refractivity contribution in [2.75, 3.05) is 13.2 Å². The molecule has 2 unspecified atom stereocenters. The Balaban J connectivity index is 0.00000245. The van der Waals surface area contributed by atoms with Gasteiger partial charge >= 0.3 is 0 Å². The third kappa shape index (κ3) is 2.79. The Morgan fingerprint density at radius 3 is 2.97 bits per heavy atom. The molecule has 1 aliphatic heterocycles. The zero-order valence-electron chi connectivity index (χ0n) is 19.3. The van der Waals surface area contributed by atoms with E-state index >= 15 is 0 Å². The number of aliphatic hydroxyl groups is 1. The Bertz CT molecular complexity index is 900. The molecule has 9 atom stereocenters. The predicted molar refractivity (Wildman–Crippen MR) is 114 cm³/mol. The Morgan fingerprint density at radius 2 is 2.23 bits per heavy atom. The van der Waals surface area contributed by atoms with Gasteiger partial charge in [0.15, 0.2) is 11.4 Å². The average molecular weight is 523 g/mol. The molecule has 0 aromatic heterocycles. The number of ketones is 2. The number of hydrogen-bond donors (Lipinski definition) is 2. The molecule has 0 aromatic carbocycles. The summed E-state index contributed by atoms with van der Waals surface area (Å²) >= 11 is 0. The molecule has 8 heteroatoms. The Kier molecular flexibility index (Phi) is 5.75. The van der Waals surface area contributed by atoms with Crippen molar-refractivity contribution >= 4 is 21.0 Å². The Hall–Kier alpha value is 0.0639. The minimum atomic E-state index is -1.05. The van der Waals surface area contributed by atoms with E-state index in [2.05, 4.69) is 32.7 Å². The molecule has 0 amide bonds. The van der Waals surface area contributed by atoms with Gasteiger partial charge in [-0.15, -0.1) is 0 Å². The van der Waals surface area contributed by atoms with E-state index in [1.807, 2.05) is 6.08 Å². The summed E-state index contributed by atoms with van der Waals surface area (Å²) in [4.78, 5) is 31.5. The maximum Gasteiger partial charge on any atom is 0.193 e. The number of allylic oxidation sites excluding steroid dienone is 4. The molecule has 4 aliphatic carbocycles. The van der Waals surface area contributed by atoms with Gasteiger partial charge < -0.3 is 14.4 Å². The van der Waals surface area contributed by atoms with Crippen LogP contribution >= 0.6 is 9.41 Å². The number of fused-ring (bicyclic) bond motifs is 7. The second-order valence-electron chi connectivity index (χ2n) is 10.4. The van der Waals surface area contributed by atoms with Crippen LogP contribution in [0.15, 0.2) is 23.8 Å². The van der Waals surface area contributed by atoms with Gasteiger partial charge in [-0.3, -0.25) is 9.63 Å². The van der Waals surface area contributed by atoms with Gasteiger partial charge in [0.25, 0.3) is 0 Å². The third-order valence-electron chi connectivity index (χ3n) is 9.72. The quantitative estimate of drug-likeness (QED) is 0.435. The minimum absolute atomic E-state index is 0. The van der Waals surface area contributed by atoms with Crippen LogP contribution in [0.2, 0.25) is 0 Å². The molecule has 1 heterocycles. The van der Waals surface area contributed by atoms with Crippen molar-refractivity contribution in [1.29, 1.82) is 1.28 Å². The first kappa shape index (κ1) is 22.8. The SMILES string of the molecule is [3H]POCC(=O)[C@@]12ONC[C@@H]1C[C@H]1C3C[CH-]C4=CC(=O)C=C[C@]4(C)[C@@]3(C)[C@@H](O)C[C@@]12C.[Y]. The molecule has 6 nitrogen and oxygen atoms in total. The number of nitrogens with one attached hydrogen (secondary N) is 1. The van der Waals surface area contributed by atoms with Crippen LogP contribution in [0.25, 0.3) is 0 Å². The number of hydroxylamine groups is 1. The summed E-state index contributed by atoms with van der Waals surface area (Å²) in [6.07, 6.45) is 8.89. The van der Waals surface area contributed by atoms with Gasteiger partial charge in [0.05, 0.1) is 13.2 Å². The zero-order chi connectivity index (χ0) is 22.2. The van der Waals surface area contributed by atoms with E-state index in [0.717, 1.165) is 18.4 Å². The monoisotopic (exact) mass is 523 g/mol. The van der Waals surface area contributed by atoms with Gasteiger partial charge in [0.1, 0.15) is 6.61 Å². The minimum Gasteiger partial charge on any atom is -0.392 e. The summed E-state index contributed by atoms with van der Waals surface area (Å²) in [5.74, 6) is 0.221. The topological polar surface area (TPSA) is 84.9 Å². The molecule has 1 radical (unpaired) electrons. The van der Waals surface area contributed by atoms with Crippen LogP contribution in [-0.2, 0) is 51.7 Å². The second kappa shape index (κ2) is 7.80. The second-order valence-corrected chi connectivity index (χ2v) is 10.7. The zero-order valence-corrected chi connectivity index (χ0v) is 22.2. The molecule has 167 valence electrons. The van der Waals surface area contributed by atoms with Gasteiger partial charge in [0, 0.05) is 65.4 Å². The van der Waals surface area contributed by atoms with Gasteiger partial charge in [-0.25, -0.2) is 11.9 Å². The maximum atomic E-state index is 13.4. The van der Waals surface area contributed by atoms with E-state index in [9.17, 15) is 14.7 Å². The average Bonchev–Trinajstić information content (AvgIpc) is 3.25. The van der Waals surface area contributed by atoms with E-state index < -0.39 is 37.4 Å². The van der Waals surface area contributed by atoms with Crippen LogP contribution in [0.4, 0.5) is 0 Å². The Labute approximate surface area is 212 Å². The standard InChI is InChI=1S/C23H31NO5P.Y/c1-20-7-6-15(25)8-13(20)4-5-16-17-9-14-11-24-29-23(14,19(27)12-28-30)21(17,2)10-18(26)22(16,20)3;/h4,6-8,14,16-18,24,26H,5,9-12,30H2,1-3H3;/q-1;/t14-,16?,17-,18-,20-,21-,22+,23-;/m0./s1/i30T;/t14-,16?,17-,18-,20-,21-,22+,23-,30?;. The summed E-state index contributed by atoms with van der Waals surface area (Å²) in [5.41, 5.74) is 1.48. The fourth-order valence-corrected chi connectivity index (χ4v) is 8.11. The first-order valence-corrected chi connectivity index (χ1v) is 11.3. The van der Waals surface area contributed by atoms with Crippen molar-refractivity contribution in [1.82, 2.24) is 5.48 Å². The van der Waals surface area contributed by atoms with Gasteiger partial charge in [-0.2, -0.15) is 11.6 Å². The summed E-state index contributed by atoms with van der Waals surface area (Å²) in [5, 5.41) is 11.7. The number of hydrogen-bond acceptors (Lipinski definition) is 6. The van der Waals surface area contributed by atoms with Crippen molar-refractivity contribution in [3.63, 3.8) is 0 Å². The summed E-state index contributed by atoms with van der Waals surface area (Å²) in [7, 11) is -0.501. The third-order valence-corrected chi connectivity index (χ3v) is 9.86. The number of carbonyl (C=O) groups excluding carboxylic acids is 2. The molecule has 0 spiro atoms. The van der Waals surface area contributed by atoms with Crippen LogP contribution in [-0.4, -0.2) is 42.8 Å². The van der Waals surface area contributed by atoms with Gasteiger partial charge in [-0.1, -0.05) is 33.3 Å². The number of carbonyl (C=O) groups is 2. The molecule has 1 saturated heterocycles. The van der Waals surface area contributed by atoms with Crippen molar-refractivity contribution < 1.29 is 56.8 Å². The molecule has 5 aliphatic rings. The number of aliphatic hydroxyl groups excluding tert-OH is 1. The van der Waals surface area contributed by atoms with Crippen molar-refractivity contribution in [2.24, 2.45) is 34.0 Å². The van der Waals surface area contributed by atoms with Gasteiger partial charge in [0.2, 0.25) is 0 Å². The van der Waals surface area contributed by atoms with Crippen LogP contribution in [0.1, 0.15) is 40.0 Å². The molecule has 5 rings (SSSR count). The molecule has 2 N–H and O–H groups in total. The van der Waals surface area contributed by atoms with E-state index in [0.29, 0.717) is 13.0 Å². The molecule has 31 heavy (non-hydrogen) atoms. The van der Waals surface area contributed by atoms with Crippen molar-refractivity contribution in [3.8, 4) is 0 Å². The number of rotatable bonds is 4. The number of Topliss-reactive ketones (excluding diaryl/α,β-unsaturated/α-hetero) is 1. The molecule has 0 bridgehead atoms. The van der Waals surface area contributed by atoms with Crippen LogP contribution in [0.5, 0.6) is 0 Å². The molecule has 3 saturated carbocycles. The summed E-state index contributed by atoms with van der Waals surface area (Å²) < 4.78 is 12.5. The van der Waals surface area contributed by atoms with E-state index in [-0.39, 0.29) is 68.6 Å². The molecule has 0 aromatic rings. The van der Waals surface area contributed by atoms with Crippen molar-refractivity contribution in [3.05, 3.63) is 30.2 Å². The maximum absolute atomic E-state index is 13.4. The summed E-state index contributed by atoms with van der Waals surface area (Å²) in [6, 6.07) is 0. The first-order chi connectivity index (χ1) is 14.6. The smallest absolute Gasteiger partial charge is 0.193 e. The van der Waals surface area contributed by atoms with Crippen molar-refractivity contribution in [2.45, 2.75) is 51.7 Å². The van der Waals surface area contributed by atoms with E-state index in [4.69, 9.17) is 10.6 Å². The molecular formula is C23H31NO5PY-. The predicted octanol–water partition coefficient (Wildman–Crippen LogP) is 2.34. The largest absolute Gasteiger partial charge is 0.392 e. The van der Waals surface area contributed by atoms with Crippen LogP contribution in [0.3, 0.4) is 0 Å². The van der Waals surface area contributed by atoms with Crippen LogP contribution in [0, 0.1) is 40.4 Å². The fourth-order valence-electron chi connectivity index (χ4n) is 7.98. The van der Waals surface area contributed by atoms with Gasteiger partial charge in [-0.05, 0) is 36.2 Å². The summed E-state index contributed by atoms with van der Waals surface area (Å²) in [6.45, 7) is 6.86. The first-order valence-electron chi connectivity index (χ1n) is 11.3. The van der Waals surface area contributed by atoms with E-state index in [1.54, 1.807) is 12.2 Å². The fraction of sp³-hybridized carbons (Fsp3) is 0.696.